The van der Waals surface area contributed by atoms with Crippen LogP contribution in [0.5, 0.6) is 0 Å². The fourth-order valence-electron chi connectivity index (χ4n) is 1.87. The highest BCUT2D eigenvalue weighted by molar-refractivity contribution is 5.99. The number of amides is 2. The molecule has 0 aliphatic rings. The molecule has 0 unspecified atom stereocenters. The summed E-state index contributed by atoms with van der Waals surface area (Å²) in [6.07, 6.45) is 0. The van der Waals surface area contributed by atoms with Crippen LogP contribution in [0.15, 0.2) is 54.6 Å². The van der Waals surface area contributed by atoms with E-state index in [0.717, 1.165) is 11.4 Å². The molecular weight excluding hydrogens is 248 g/mol. The summed E-state index contributed by atoms with van der Waals surface area (Å²) in [4.78, 5) is 11.8. The third kappa shape index (κ3) is 3.85. The summed E-state index contributed by atoms with van der Waals surface area (Å²) < 4.78 is 0. The van der Waals surface area contributed by atoms with Crippen LogP contribution in [0.3, 0.4) is 0 Å². The highest BCUT2D eigenvalue weighted by Gasteiger charge is 2.13. The lowest BCUT2D eigenvalue weighted by Gasteiger charge is -2.19. The number of hydrogen-bond acceptors (Lipinski definition) is 1. The summed E-state index contributed by atoms with van der Waals surface area (Å²) in [5.74, 6) is 0. The van der Waals surface area contributed by atoms with Crippen LogP contribution in [-0.4, -0.2) is 6.03 Å². The van der Waals surface area contributed by atoms with E-state index in [-0.39, 0.29) is 11.4 Å². The Bertz CT molecular complexity index is 568. The van der Waals surface area contributed by atoms with Crippen LogP contribution in [0.2, 0.25) is 0 Å². The Labute approximate surface area is 120 Å². The summed E-state index contributed by atoms with van der Waals surface area (Å²) in [7, 11) is 0. The maximum Gasteiger partial charge on any atom is 0.323 e. The summed E-state index contributed by atoms with van der Waals surface area (Å²) in [6, 6.07) is 17.1. The van der Waals surface area contributed by atoms with Crippen molar-refractivity contribution in [1.29, 1.82) is 0 Å². The second-order valence-corrected chi connectivity index (χ2v) is 5.77. The van der Waals surface area contributed by atoms with Crippen LogP contribution in [-0.2, 0) is 5.41 Å². The molecule has 2 aromatic carbocycles. The molecule has 0 aromatic heterocycles. The Hall–Kier alpha value is -2.29. The van der Waals surface area contributed by atoms with Gasteiger partial charge in [0.2, 0.25) is 0 Å². The molecule has 3 heteroatoms. The normalized spacial score (nSPS) is 10.9. The fourth-order valence-corrected chi connectivity index (χ4v) is 1.87. The van der Waals surface area contributed by atoms with Gasteiger partial charge in [-0.3, -0.25) is 0 Å². The van der Waals surface area contributed by atoms with Gasteiger partial charge in [-0.2, -0.15) is 0 Å². The zero-order valence-corrected chi connectivity index (χ0v) is 12.1. The Morgan fingerprint density at radius 3 is 1.80 bits per heavy atom. The molecule has 0 saturated carbocycles. The summed E-state index contributed by atoms with van der Waals surface area (Å²) in [5, 5.41) is 5.60. The van der Waals surface area contributed by atoms with E-state index in [9.17, 15) is 4.79 Å². The molecule has 20 heavy (non-hydrogen) atoms. The van der Waals surface area contributed by atoms with Gasteiger partial charge in [0.1, 0.15) is 0 Å². The monoisotopic (exact) mass is 268 g/mol. The average molecular weight is 268 g/mol. The largest absolute Gasteiger partial charge is 0.323 e. The van der Waals surface area contributed by atoms with E-state index < -0.39 is 0 Å². The highest BCUT2D eigenvalue weighted by Crippen LogP contribution is 2.23. The van der Waals surface area contributed by atoms with Crippen molar-refractivity contribution in [2.24, 2.45) is 0 Å². The van der Waals surface area contributed by atoms with Crippen LogP contribution in [0.25, 0.3) is 0 Å². The zero-order chi connectivity index (χ0) is 14.6. The lowest BCUT2D eigenvalue weighted by Crippen LogP contribution is -2.19. The van der Waals surface area contributed by atoms with Gasteiger partial charge in [-0.25, -0.2) is 4.79 Å². The van der Waals surface area contributed by atoms with Crippen molar-refractivity contribution in [3.05, 3.63) is 60.2 Å². The van der Waals surface area contributed by atoms with Gasteiger partial charge in [-0.05, 0) is 35.2 Å². The Morgan fingerprint density at radius 2 is 1.30 bits per heavy atom. The molecule has 0 atom stereocenters. The Morgan fingerprint density at radius 1 is 0.800 bits per heavy atom. The molecule has 0 radical (unpaired) electrons. The van der Waals surface area contributed by atoms with E-state index in [1.165, 1.54) is 5.56 Å². The lowest BCUT2D eigenvalue weighted by molar-refractivity contribution is 0.262. The van der Waals surface area contributed by atoms with Crippen molar-refractivity contribution >= 4 is 17.4 Å². The van der Waals surface area contributed by atoms with Gasteiger partial charge in [0, 0.05) is 11.4 Å². The van der Waals surface area contributed by atoms with Gasteiger partial charge in [-0.15, -0.1) is 0 Å². The van der Waals surface area contributed by atoms with E-state index in [0.29, 0.717) is 0 Å². The number of anilines is 2. The minimum Gasteiger partial charge on any atom is -0.308 e. The number of carbonyl (C=O) groups is 1. The van der Waals surface area contributed by atoms with Crippen molar-refractivity contribution in [2.45, 2.75) is 26.2 Å². The Kier molecular flexibility index (Phi) is 4.08. The minimum atomic E-state index is -0.236. The number of nitrogens with one attached hydrogen (secondary N) is 2. The maximum absolute atomic E-state index is 11.8. The van der Waals surface area contributed by atoms with Crippen LogP contribution >= 0.6 is 0 Å². The molecule has 0 bridgehead atoms. The predicted molar refractivity (Wildman–Crippen MR) is 84.2 cm³/mol. The number of rotatable bonds is 2. The molecule has 0 aliphatic carbocycles. The molecule has 0 fully saturated rings. The smallest absolute Gasteiger partial charge is 0.308 e. The SMILES string of the molecule is CC(C)(C)c1ccc(NC(=O)Nc2ccccc2)cc1. The summed E-state index contributed by atoms with van der Waals surface area (Å²) in [6.45, 7) is 6.49. The quantitative estimate of drug-likeness (QED) is 0.819. The van der Waals surface area contributed by atoms with E-state index in [2.05, 4.69) is 31.4 Å². The number of hydrogen-bond donors (Lipinski definition) is 2. The lowest BCUT2D eigenvalue weighted by atomic mass is 9.87. The first-order chi connectivity index (χ1) is 9.45. The first-order valence-electron chi connectivity index (χ1n) is 6.69. The zero-order valence-electron chi connectivity index (χ0n) is 12.1. The maximum atomic E-state index is 11.8. The van der Waals surface area contributed by atoms with Crippen LogP contribution in [0.4, 0.5) is 16.2 Å². The van der Waals surface area contributed by atoms with Crippen molar-refractivity contribution in [1.82, 2.24) is 0 Å². The number of para-hydroxylation sites is 1. The molecule has 0 saturated heterocycles. The number of carbonyl (C=O) groups excluding carboxylic acids is 1. The van der Waals surface area contributed by atoms with E-state index in [1.54, 1.807) is 0 Å². The van der Waals surface area contributed by atoms with Crippen LogP contribution < -0.4 is 10.6 Å². The average Bonchev–Trinajstić information content (AvgIpc) is 2.39. The topological polar surface area (TPSA) is 41.1 Å². The molecule has 2 rings (SSSR count). The molecule has 2 N–H and O–H groups in total. The number of urea groups is 1. The van der Waals surface area contributed by atoms with Gasteiger partial charge in [0.15, 0.2) is 0 Å². The van der Waals surface area contributed by atoms with Crippen molar-refractivity contribution in [3.8, 4) is 0 Å². The molecule has 0 heterocycles. The van der Waals surface area contributed by atoms with Gasteiger partial charge in [0.25, 0.3) is 0 Å². The van der Waals surface area contributed by atoms with Crippen LogP contribution in [0, 0.1) is 0 Å². The van der Waals surface area contributed by atoms with Gasteiger partial charge >= 0.3 is 6.03 Å². The second kappa shape index (κ2) is 5.78. The van der Waals surface area contributed by atoms with Gasteiger partial charge < -0.3 is 10.6 Å². The van der Waals surface area contributed by atoms with Crippen LogP contribution in [0.1, 0.15) is 26.3 Å². The number of benzene rings is 2. The molecular formula is C17H20N2O. The van der Waals surface area contributed by atoms with Crippen molar-refractivity contribution in [2.75, 3.05) is 10.6 Å². The van der Waals surface area contributed by atoms with Crippen molar-refractivity contribution < 1.29 is 4.79 Å². The minimum absolute atomic E-state index is 0.116. The highest BCUT2D eigenvalue weighted by atomic mass is 16.2. The van der Waals surface area contributed by atoms with E-state index >= 15 is 0 Å². The summed E-state index contributed by atoms with van der Waals surface area (Å²) >= 11 is 0. The molecule has 2 amide bonds. The molecule has 2 aromatic rings. The fraction of sp³-hybridized carbons (Fsp3) is 0.235. The molecule has 0 spiro atoms. The molecule has 104 valence electrons. The Balaban J connectivity index is 1.98. The van der Waals surface area contributed by atoms with E-state index in [1.807, 2.05) is 54.6 Å². The third-order valence-corrected chi connectivity index (χ3v) is 3.04. The van der Waals surface area contributed by atoms with E-state index in [4.69, 9.17) is 0 Å². The third-order valence-electron chi connectivity index (χ3n) is 3.04. The standard InChI is InChI=1S/C17H20N2O/c1-17(2,3)13-9-11-15(12-10-13)19-16(20)18-14-7-5-4-6-8-14/h4-12H,1-3H3,(H2,18,19,20). The van der Waals surface area contributed by atoms with Crippen molar-refractivity contribution in [3.63, 3.8) is 0 Å². The second-order valence-electron chi connectivity index (χ2n) is 5.77. The molecule has 3 nitrogen and oxygen atoms in total. The first kappa shape index (κ1) is 14.1. The first-order valence-corrected chi connectivity index (χ1v) is 6.69. The van der Waals surface area contributed by atoms with Gasteiger partial charge in [0.05, 0.1) is 0 Å². The predicted octanol–water partition coefficient (Wildman–Crippen LogP) is 4.63. The molecule has 0 aliphatic heterocycles. The summed E-state index contributed by atoms with van der Waals surface area (Å²) in [5.41, 5.74) is 2.92. The van der Waals surface area contributed by atoms with Gasteiger partial charge in [-0.1, -0.05) is 51.1 Å².